The highest BCUT2D eigenvalue weighted by molar-refractivity contribution is 7.99. The lowest BCUT2D eigenvalue weighted by atomic mass is 10.00. The first kappa shape index (κ1) is 15.1. The van der Waals surface area contributed by atoms with Crippen molar-refractivity contribution < 1.29 is 4.39 Å². The van der Waals surface area contributed by atoms with Crippen LogP contribution in [0.5, 0.6) is 0 Å². The zero-order valence-corrected chi connectivity index (χ0v) is 12.7. The van der Waals surface area contributed by atoms with Gasteiger partial charge in [-0.3, -0.25) is 0 Å². The van der Waals surface area contributed by atoms with Crippen LogP contribution < -0.4 is 5.73 Å². The molecule has 0 saturated heterocycles. The maximum atomic E-state index is 12.8. The molecule has 0 aromatic heterocycles. The second kappa shape index (κ2) is 6.91. The van der Waals surface area contributed by atoms with Gasteiger partial charge in [0.2, 0.25) is 0 Å². The molecule has 1 unspecified atom stereocenters. The van der Waals surface area contributed by atoms with E-state index >= 15 is 0 Å². The van der Waals surface area contributed by atoms with Crippen molar-refractivity contribution in [3.8, 4) is 0 Å². The third-order valence-corrected chi connectivity index (χ3v) is 4.41. The van der Waals surface area contributed by atoms with E-state index in [4.69, 9.17) is 5.73 Å². The second-order valence-electron chi connectivity index (χ2n) is 5.19. The Labute approximate surface area is 124 Å². The number of benzene rings is 2. The molecule has 2 N–H and O–H groups in total. The molecule has 0 radical (unpaired) electrons. The van der Waals surface area contributed by atoms with Gasteiger partial charge in [-0.25, -0.2) is 4.39 Å². The van der Waals surface area contributed by atoms with E-state index in [1.807, 2.05) is 0 Å². The number of hydrogen-bond acceptors (Lipinski definition) is 2. The van der Waals surface area contributed by atoms with Crippen LogP contribution in [0, 0.1) is 5.82 Å². The third-order valence-electron chi connectivity index (χ3n) is 3.27. The molecule has 0 saturated carbocycles. The van der Waals surface area contributed by atoms with Crippen LogP contribution in [0.15, 0.2) is 53.4 Å². The summed E-state index contributed by atoms with van der Waals surface area (Å²) in [6, 6.07) is 15.0. The van der Waals surface area contributed by atoms with Gasteiger partial charge in [0.05, 0.1) is 0 Å². The number of nitrogens with two attached hydrogens (primary N) is 1. The average molecular weight is 289 g/mol. The number of thioether (sulfide) groups is 1. The van der Waals surface area contributed by atoms with Crippen molar-refractivity contribution in [2.24, 2.45) is 5.73 Å². The molecule has 0 amide bonds. The number of rotatable bonds is 5. The number of halogens is 1. The van der Waals surface area contributed by atoms with Gasteiger partial charge < -0.3 is 5.73 Å². The molecule has 2 aromatic rings. The maximum absolute atomic E-state index is 12.8. The largest absolute Gasteiger partial charge is 0.323 e. The van der Waals surface area contributed by atoms with Crippen molar-refractivity contribution in [1.82, 2.24) is 0 Å². The van der Waals surface area contributed by atoms with Crippen molar-refractivity contribution in [3.63, 3.8) is 0 Å². The Hall–Kier alpha value is -1.32. The summed E-state index contributed by atoms with van der Waals surface area (Å²) in [5, 5.41) is 0. The minimum Gasteiger partial charge on any atom is -0.323 e. The topological polar surface area (TPSA) is 26.0 Å². The van der Waals surface area contributed by atoms with E-state index in [9.17, 15) is 4.39 Å². The quantitative estimate of drug-likeness (QED) is 0.804. The molecule has 106 valence electrons. The fraction of sp³-hybridized carbons (Fsp3) is 0.294. The summed E-state index contributed by atoms with van der Waals surface area (Å²) in [6.07, 6.45) is 0. The highest BCUT2D eigenvalue weighted by Gasteiger charge is 2.07. The molecule has 20 heavy (non-hydrogen) atoms. The van der Waals surface area contributed by atoms with Gasteiger partial charge in [0.15, 0.2) is 0 Å². The average Bonchev–Trinajstić information content (AvgIpc) is 2.46. The minimum atomic E-state index is -0.206. The highest BCUT2D eigenvalue weighted by Crippen LogP contribution is 2.24. The van der Waals surface area contributed by atoms with E-state index < -0.39 is 0 Å². The second-order valence-corrected chi connectivity index (χ2v) is 6.29. The van der Waals surface area contributed by atoms with E-state index in [-0.39, 0.29) is 11.9 Å². The van der Waals surface area contributed by atoms with Gasteiger partial charge in [0, 0.05) is 16.7 Å². The van der Waals surface area contributed by atoms with Gasteiger partial charge in [-0.2, -0.15) is 0 Å². The zero-order chi connectivity index (χ0) is 14.5. The Morgan fingerprint density at radius 1 is 0.950 bits per heavy atom. The summed E-state index contributed by atoms with van der Waals surface area (Å²) in [5.41, 5.74) is 8.67. The van der Waals surface area contributed by atoms with E-state index in [1.54, 1.807) is 23.9 Å². The Morgan fingerprint density at radius 2 is 1.50 bits per heavy atom. The predicted molar refractivity (Wildman–Crippen MR) is 84.6 cm³/mol. The summed E-state index contributed by atoms with van der Waals surface area (Å²) >= 11 is 1.65. The first-order valence-corrected chi connectivity index (χ1v) is 7.78. The van der Waals surface area contributed by atoms with Gasteiger partial charge in [-0.1, -0.05) is 38.1 Å². The van der Waals surface area contributed by atoms with Gasteiger partial charge >= 0.3 is 0 Å². The van der Waals surface area contributed by atoms with Crippen molar-refractivity contribution in [2.45, 2.75) is 30.7 Å². The molecule has 2 aromatic carbocycles. The molecular formula is C17H20FNS. The van der Waals surface area contributed by atoms with Crippen LogP contribution >= 0.6 is 11.8 Å². The molecule has 0 aliphatic rings. The smallest absolute Gasteiger partial charge is 0.123 e. The van der Waals surface area contributed by atoms with Crippen molar-refractivity contribution >= 4 is 11.8 Å². The predicted octanol–water partition coefficient (Wildman–Crippen LogP) is 4.74. The van der Waals surface area contributed by atoms with Crippen LogP contribution in [0.25, 0.3) is 0 Å². The van der Waals surface area contributed by atoms with Gasteiger partial charge in [0.25, 0.3) is 0 Å². The van der Waals surface area contributed by atoms with Gasteiger partial charge in [-0.05, 0) is 41.3 Å². The van der Waals surface area contributed by atoms with Crippen LogP contribution in [-0.2, 0) is 0 Å². The molecule has 1 atom stereocenters. The summed E-state index contributed by atoms with van der Waals surface area (Å²) in [5.74, 6) is 1.11. The molecule has 0 aliphatic carbocycles. The Morgan fingerprint density at radius 3 is 2.05 bits per heavy atom. The lowest BCUT2D eigenvalue weighted by Gasteiger charge is -2.13. The molecule has 3 heteroatoms. The molecule has 0 spiro atoms. The zero-order valence-electron chi connectivity index (χ0n) is 11.8. The molecule has 0 bridgehead atoms. The van der Waals surface area contributed by atoms with Gasteiger partial charge in [-0.15, -0.1) is 11.8 Å². The third kappa shape index (κ3) is 4.09. The maximum Gasteiger partial charge on any atom is 0.123 e. The lowest BCUT2D eigenvalue weighted by molar-refractivity contribution is 0.626. The summed E-state index contributed by atoms with van der Waals surface area (Å²) in [4.78, 5) is 1.04. The van der Waals surface area contributed by atoms with Gasteiger partial charge in [0.1, 0.15) is 5.82 Å². The molecule has 0 aliphatic heterocycles. The molecule has 0 heterocycles. The molecular weight excluding hydrogens is 269 g/mol. The molecule has 0 fully saturated rings. The Bertz CT molecular complexity index is 534. The molecule has 2 rings (SSSR count). The molecule has 1 nitrogen and oxygen atoms in total. The van der Waals surface area contributed by atoms with E-state index in [0.29, 0.717) is 5.92 Å². The summed E-state index contributed by atoms with van der Waals surface area (Å²) in [7, 11) is 0. The minimum absolute atomic E-state index is 0.00809. The van der Waals surface area contributed by atoms with E-state index in [2.05, 4.69) is 38.1 Å². The lowest BCUT2D eigenvalue weighted by Crippen LogP contribution is -2.12. The first-order valence-electron chi connectivity index (χ1n) is 6.80. The van der Waals surface area contributed by atoms with Crippen molar-refractivity contribution in [1.29, 1.82) is 0 Å². The van der Waals surface area contributed by atoms with Crippen LogP contribution in [0.3, 0.4) is 0 Å². The van der Waals surface area contributed by atoms with E-state index in [1.165, 1.54) is 17.7 Å². The van der Waals surface area contributed by atoms with Crippen molar-refractivity contribution in [2.75, 3.05) is 5.75 Å². The SMILES string of the molecule is CC(C)c1ccc(C(N)CSc2ccc(F)cc2)cc1. The first-order chi connectivity index (χ1) is 9.56. The summed E-state index contributed by atoms with van der Waals surface area (Å²) < 4.78 is 12.8. The number of hydrogen-bond donors (Lipinski definition) is 1. The van der Waals surface area contributed by atoms with Crippen molar-refractivity contribution in [3.05, 3.63) is 65.5 Å². The fourth-order valence-corrected chi connectivity index (χ4v) is 2.83. The highest BCUT2D eigenvalue weighted by atomic mass is 32.2. The van der Waals surface area contributed by atoms with E-state index in [0.717, 1.165) is 16.2 Å². The Balaban J connectivity index is 1.94. The van der Waals surface area contributed by atoms with Crippen LogP contribution in [-0.4, -0.2) is 5.75 Å². The fourth-order valence-electron chi connectivity index (χ4n) is 1.94. The Kier molecular flexibility index (Phi) is 5.21. The normalized spacial score (nSPS) is 12.7. The standard InChI is InChI=1S/C17H20FNS/c1-12(2)13-3-5-14(6-4-13)17(19)11-20-16-9-7-15(18)8-10-16/h3-10,12,17H,11,19H2,1-2H3. The van der Waals surface area contributed by atoms with Crippen LogP contribution in [0.1, 0.15) is 36.9 Å². The monoisotopic (exact) mass is 289 g/mol. The van der Waals surface area contributed by atoms with Crippen LogP contribution in [0.2, 0.25) is 0 Å². The van der Waals surface area contributed by atoms with Crippen LogP contribution in [0.4, 0.5) is 4.39 Å². The summed E-state index contributed by atoms with van der Waals surface area (Å²) in [6.45, 7) is 4.36.